The zero-order chi connectivity index (χ0) is 47.0. The van der Waals surface area contributed by atoms with Gasteiger partial charge in [-0.3, -0.25) is 0 Å². The molecule has 0 aliphatic heterocycles. The molecule has 0 aliphatic carbocycles. The van der Waals surface area contributed by atoms with Crippen molar-refractivity contribution < 1.29 is 45.5 Å². The minimum absolute atomic E-state index is 0. The van der Waals surface area contributed by atoms with Crippen molar-refractivity contribution >= 4 is 0 Å². The van der Waals surface area contributed by atoms with E-state index in [0.29, 0.717) is 26.1 Å². The Morgan fingerprint density at radius 3 is 0.985 bits per heavy atom. The van der Waals surface area contributed by atoms with Crippen molar-refractivity contribution in [2.45, 2.75) is 79.8 Å². The fraction of sp³-hybridized carbons (Fsp3) is 0.194. The fourth-order valence-corrected chi connectivity index (χ4v) is 8.67. The fourth-order valence-electron chi connectivity index (χ4n) is 8.67. The van der Waals surface area contributed by atoms with Gasteiger partial charge in [-0.2, -0.15) is 49.2 Å². The average Bonchev–Trinajstić information content (AvgIpc) is 3.30. The number of para-hydroxylation sites is 2. The molecular weight excluding hydrogens is 987 g/mol. The Bertz CT molecular complexity index is 2510. The second kappa shape index (κ2) is 25.7. The van der Waals surface area contributed by atoms with Crippen molar-refractivity contribution in [2.75, 3.05) is 0 Å². The van der Waals surface area contributed by atoms with Crippen LogP contribution in [-0.4, -0.2) is 22.4 Å². The average molecular weight is 1050 g/mol. The summed E-state index contributed by atoms with van der Waals surface area (Å²) in [5, 5.41) is 23.8. The largest absolute Gasteiger partial charge is 0.507 e. The smallest absolute Gasteiger partial charge is 0.126 e. The Hall–Kier alpha value is -6.11. The number of phenolic OH excluding ortho intramolecular Hbond substituents is 2. The van der Waals surface area contributed by atoms with Crippen LogP contribution in [-0.2, 0) is 61.4 Å². The van der Waals surface area contributed by atoms with Crippen molar-refractivity contribution in [3.05, 3.63) is 263 Å². The Morgan fingerprint density at radius 2 is 0.701 bits per heavy atom. The van der Waals surface area contributed by atoms with Gasteiger partial charge >= 0.3 is 0 Å². The molecule has 0 amide bonds. The minimum atomic E-state index is -0.462. The molecule has 8 rings (SSSR count). The van der Waals surface area contributed by atoms with Gasteiger partial charge in [-0.15, -0.1) is 24.3 Å². The molecule has 0 bridgehead atoms. The van der Waals surface area contributed by atoms with Crippen LogP contribution in [0.2, 0.25) is 0 Å². The zero-order valence-electron chi connectivity index (χ0n) is 39.9. The summed E-state index contributed by atoms with van der Waals surface area (Å²) in [6, 6.07) is 60.6. The van der Waals surface area contributed by atoms with Gasteiger partial charge in [0.05, 0.1) is 25.4 Å². The molecule has 0 heterocycles. The molecule has 2 N–H and O–H groups in total. The number of benzene rings is 8. The third-order valence-electron chi connectivity index (χ3n) is 11.7. The molecule has 0 saturated heterocycles. The summed E-state index contributed by atoms with van der Waals surface area (Å²) in [6.45, 7) is 20.8. The summed E-state index contributed by atoms with van der Waals surface area (Å²) in [7, 11) is 0. The topological polar surface area (TPSA) is 58.9 Å². The van der Waals surface area contributed by atoms with Crippen molar-refractivity contribution in [3.63, 3.8) is 0 Å². The Morgan fingerprint density at radius 1 is 0.403 bits per heavy atom. The van der Waals surface area contributed by atoms with Gasteiger partial charge in [0.15, 0.2) is 0 Å². The first-order valence-electron chi connectivity index (χ1n) is 22.7. The second-order valence-corrected chi connectivity index (χ2v) is 17.2. The predicted molar refractivity (Wildman–Crippen MR) is 275 cm³/mol. The first kappa shape index (κ1) is 51.9. The van der Waals surface area contributed by atoms with Crippen LogP contribution in [0.15, 0.2) is 182 Å². The van der Waals surface area contributed by atoms with Gasteiger partial charge in [0.2, 0.25) is 0 Å². The molecule has 0 aliphatic rings. The number of aryl methyl sites for hydroxylation is 6. The molecule has 0 fully saturated rings. The Balaban J connectivity index is 0.000000477. The van der Waals surface area contributed by atoms with Gasteiger partial charge in [0.1, 0.15) is 11.5 Å². The second-order valence-electron chi connectivity index (χ2n) is 17.2. The quantitative estimate of drug-likeness (QED) is 0.0892. The van der Waals surface area contributed by atoms with Crippen LogP contribution < -0.4 is 0 Å². The van der Waals surface area contributed by atoms with Gasteiger partial charge in [-0.05, 0) is 97.2 Å². The van der Waals surface area contributed by atoms with E-state index in [1.165, 1.54) is 11.1 Å². The summed E-state index contributed by atoms with van der Waals surface area (Å²) in [4.78, 5) is 0. The van der Waals surface area contributed by atoms with Crippen LogP contribution in [0, 0.1) is 55.4 Å². The normalized spacial score (nSPS) is 11.5. The maximum atomic E-state index is 11.9. The summed E-state index contributed by atoms with van der Waals surface area (Å²) >= 11 is 0. The molecule has 0 radical (unpaired) electrons. The summed E-state index contributed by atoms with van der Waals surface area (Å²) < 4.78 is 13.6. The molecule has 5 heteroatoms. The molecule has 2 atom stereocenters. The number of aromatic hydroxyl groups is 2. The maximum absolute atomic E-state index is 11.9. The monoisotopic (exact) mass is 1050 g/mol. The molecule has 8 aromatic rings. The molecule has 0 aromatic heterocycles. The molecule has 0 spiro atoms. The first-order valence-corrected chi connectivity index (χ1v) is 22.7. The van der Waals surface area contributed by atoms with E-state index in [4.69, 9.17) is 9.47 Å². The number of ether oxygens (including phenoxy) is 2. The van der Waals surface area contributed by atoms with E-state index in [-0.39, 0.29) is 37.3 Å². The number of hydrogen-bond acceptors (Lipinski definition) is 4. The Kier molecular flexibility index (Phi) is 19.9. The summed E-state index contributed by atoms with van der Waals surface area (Å²) in [5.41, 5.74) is 16.4. The third-order valence-corrected chi connectivity index (χ3v) is 11.7. The summed E-state index contributed by atoms with van der Waals surface area (Å²) in [6.07, 6.45) is -0.105. The molecular formula is C62H64HfO4-2. The Labute approximate surface area is 419 Å². The van der Waals surface area contributed by atoms with Crippen LogP contribution in [0.3, 0.4) is 0 Å². The molecule has 8 aromatic carbocycles. The van der Waals surface area contributed by atoms with Gasteiger partial charge in [0.25, 0.3) is 0 Å². The van der Waals surface area contributed by atoms with Gasteiger partial charge in [-0.1, -0.05) is 145 Å². The predicted octanol–water partition coefficient (Wildman–Crippen LogP) is 15.0. The van der Waals surface area contributed by atoms with Crippen molar-refractivity contribution in [1.29, 1.82) is 0 Å². The van der Waals surface area contributed by atoms with Crippen LogP contribution >= 0.6 is 0 Å². The van der Waals surface area contributed by atoms with Crippen LogP contribution in [0.4, 0.5) is 0 Å². The van der Waals surface area contributed by atoms with Crippen LogP contribution in [0.1, 0.15) is 66.8 Å². The van der Waals surface area contributed by atoms with E-state index in [1.54, 1.807) is 0 Å². The first-order chi connectivity index (χ1) is 31.9. The van der Waals surface area contributed by atoms with E-state index in [9.17, 15) is 10.2 Å². The molecule has 342 valence electrons. The maximum Gasteiger partial charge on any atom is 0.126 e. The molecule has 2 unspecified atom stereocenters. The van der Waals surface area contributed by atoms with Gasteiger partial charge in [0, 0.05) is 49.8 Å². The van der Waals surface area contributed by atoms with E-state index >= 15 is 0 Å². The number of rotatable bonds is 13. The van der Waals surface area contributed by atoms with E-state index in [1.807, 2.05) is 133 Å². The van der Waals surface area contributed by atoms with E-state index < -0.39 is 12.2 Å². The number of phenols is 2. The van der Waals surface area contributed by atoms with E-state index in [2.05, 4.69) is 104 Å². The minimum Gasteiger partial charge on any atom is -0.507 e. The number of hydrogen-bond donors (Lipinski definition) is 2. The summed E-state index contributed by atoms with van der Waals surface area (Å²) in [5.74, 6) is 0.505. The van der Waals surface area contributed by atoms with Crippen LogP contribution in [0.5, 0.6) is 11.5 Å². The van der Waals surface area contributed by atoms with E-state index in [0.717, 1.165) is 77.9 Å². The molecule has 0 saturated carbocycles. The van der Waals surface area contributed by atoms with Crippen molar-refractivity contribution in [3.8, 4) is 33.8 Å². The van der Waals surface area contributed by atoms with Crippen LogP contribution in [0.25, 0.3) is 22.3 Å². The van der Waals surface area contributed by atoms with Gasteiger partial charge in [-0.25, -0.2) is 0 Å². The van der Waals surface area contributed by atoms with Gasteiger partial charge < -0.3 is 19.7 Å². The van der Waals surface area contributed by atoms with Crippen molar-refractivity contribution in [1.82, 2.24) is 0 Å². The zero-order valence-corrected chi connectivity index (χ0v) is 43.5. The third kappa shape index (κ3) is 14.9. The SMILES string of the molecule is Cc1cc(C)c(-c2cccc(CC(OCc3ccccc3)C(Cc3cccc(-c4c(C)cc(C)cc4C)c3O)OCc3ccccc3)c2O)c(C)c1.[CH2-]c1ccccc1.[CH2-]c1ccccc1.[Hf]. The molecule has 67 heavy (non-hydrogen) atoms. The molecule has 4 nitrogen and oxygen atoms in total. The standard InChI is InChI=1S/C48H50O4.2C7H7.Hf/c1-31-23-33(3)45(34(4)24-31)41-21-13-19-39(47(41)49)27-43(51-29-37-15-9-7-10-16-37)44(52-30-38-17-11-8-12-18-38)28-40-20-14-22-42(48(40)50)46-35(5)25-32(2)26-36(46)6;2*1-7-5-3-2-4-6-7;/h7-26,43-44,49-50H,27-30H2,1-6H3;2*2-6H,1H2;/q;2*-1;. The van der Waals surface area contributed by atoms with Crippen molar-refractivity contribution in [2.24, 2.45) is 0 Å².